The Morgan fingerprint density at radius 2 is 2.38 bits per heavy atom. The second-order valence-electron chi connectivity index (χ2n) is 4.22. The Balaban J connectivity index is 1.92. The lowest BCUT2D eigenvalue weighted by molar-refractivity contribution is 0.482. The monoisotopic (exact) mass is 217 g/mol. The van der Waals surface area contributed by atoms with E-state index in [0.717, 1.165) is 31.1 Å². The smallest absolute Gasteiger partial charge is 0.157 e. The fourth-order valence-electron chi connectivity index (χ4n) is 2.12. The molecule has 3 heterocycles. The molecule has 0 radical (unpaired) electrons. The van der Waals surface area contributed by atoms with E-state index >= 15 is 0 Å². The van der Waals surface area contributed by atoms with Gasteiger partial charge in [0.2, 0.25) is 0 Å². The lowest BCUT2D eigenvalue weighted by atomic mass is 10.2. The van der Waals surface area contributed by atoms with Crippen LogP contribution in [0.3, 0.4) is 0 Å². The summed E-state index contributed by atoms with van der Waals surface area (Å²) in [5.74, 6) is 1.04. The van der Waals surface area contributed by atoms with Gasteiger partial charge in [0.25, 0.3) is 0 Å². The first-order valence-electron chi connectivity index (χ1n) is 5.62. The number of hydrogen-bond donors (Lipinski definition) is 1. The molecule has 0 aliphatic carbocycles. The minimum atomic E-state index is 0.525. The average molecular weight is 217 g/mol. The highest BCUT2D eigenvalue weighted by molar-refractivity contribution is 5.47. The number of nitrogens with one attached hydrogen (secondary N) is 1. The highest BCUT2D eigenvalue weighted by Crippen LogP contribution is 2.13. The summed E-state index contributed by atoms with van der Waals surface area (Å²) in [6.07, 6.45) is 3.73. The molecule has 84 valence electrons. The van der Waals surface area contributed by atoms with E-state index in [1.165, 1.54) is 0 Å². The Bertz CT molecular complexity index is 492. The maximum Gasteiger partial charge on any atom is 0.157 e. The predicted molar refractivity (Wildman–Crippen MR) is 62.7 cm³/mol. The first-order chi connectivity index (χ1) is 7.83. The van der Waals surface area contributed by atoms with Gasteiger partial charge in [0.15, 0.2) is 5.65 Å². The van der Waals surface area contributed by atoms with E-state index < -0.39 is 0 Å². The molecule has 1 saturated heterocycles. The molecule has 0 amide bonds. The van der Waals surface area contributed by atoms with Crippen molar-refractivity contribution in [2.75, 3.05) is 24.5 Å². The van der Waals surface area contributed by atoms with Crippen LogP contribution in [-0.2, 0) is 0 Å². The van der Waals surface area contributed by atoms with Crippen LogP contribution in [0.25, 0.3) is 5.65 Å². The number of piperazine rings is 1. The summed E-state index contributed by atoms with van der Waals surface area (Å²) in [5.41, 5.74) is 0.906. The van der Waals surface area contributed by atoms with Crippen LogP contribution in [-0.4, -0.2) is 40.3 Å². The zero-order valence-electron chi connectivity index (χ0n) is 9.30. The second-order valence-corrected chi connectivity index (χ2v) is 4.22. The van der Waals surface area contributed by atoms with Gasteiger partial charge in [-0.1, -0.05) is 0 Å². The molecular formula is C11H15N5. The van der Waals surface area contributed by atoms with Crippen molar-refractivity contribution in [1.29, 1.82) is 0 Å². The summed E-state index contributed by atoms with van der Waals surface area (Å²) in [5, 5.41) is 7.57. The highest BCUT2D eigenvalue weighted by atomic mass is 15.3. The van der Waals surface area contributed by atoms with Gasteiger partial charge in [0, 0.05) is 37.9 Å². The van der Waals surface area contributed by atoms with Crippen molar-refractivity contribution < 1.29 is 0 Å². The molecular weight excluding hydrogens is 202 g/mol. The minimum absolute atomic E-state index is 0.525. The maximum absolute atomic E-state index is 4.59. The van der Waals surface area contributed by atoms with E-state index in [9.17, 15) is 0 Å². The van der Waals surface area contributed by atoms with Gasteiger partial charge in [-0.25, -0.2) is 9.50 Å². The van der Waals surface area contributed by atoms with Gasteiger partial charge in [0.1, 0.15) is 5.82 Å². The third kappa shape index (κ3) is 1.63. The molecule has 2 aromatic heterocycles. The molecule has 1 N–H and O–H groups in total. The molecule has 2 aromatic rings. The summed E-state index contributed by atoms with van der Waals surface area (Å²) >= 11 is 0. The SMILES string of the molecule is C[C@@H]1CN(c2ccn3nccc3n2)CCN1. The van der Waals surface area contributed by atoms with Gasteiger partial charge in [-0.3, -0.25) is 0 Å². The summed E-state index contributed by atoms with van der Waals surface area (Å²) < 4.78 is 1.79. The van der Waals surface area contributed by atoms with Crippen molar-refractivity contribution in [3.8, 4) is 0 Å². The molecule has 1 aliphatic rings. The second kappa shape index (κ2) is 3.75. The summed E-state index contributed by atoms with van der Waals surface area (Å²) in [7, 11) is 0. The van der Waals surface area contributed by atoms with Gasteiger partial charge in [-0.15, -0.1) is 0 Å². The first-order valence-corrected chi connectivity index (χ1v) is 5.62. The average Bonchev–Trinajstić information content (AvgIpc) is 2.75. The lowest BCUT2D eigenvalue weighted by Crippen LogP contribution is -2.49. The number of aromatic nitrogens is 3. The van der Waals surface area contributed by atoms with Crippen LogP contribution >= 0.6 is 0 Å². The third-order valence-corrected chi connectivity index (χ3v) is 2.94. The van der Waals surface area contributed by atoms with E-state index in [1.807, 2.05) is 18.3 Å². The number of rotatable bonds is 1. The van der Waals surface area contributed by atoms with Crippen LogP contribution in [0.5, 0.6) is 0 Å². The normalized spacial score (nSPS) is 21.6. The molecule has 1 aliphatic heterocycles. The molecule has 1 atom stereocenters. The van der Waals surface area contributed by atoms with Crippen molar-refractivity contribution in [2.45, 2.75) is 13.0 Å². The summed E-state index contributed by atoms with van der Waals surface area (Å²) in [4.78, 5) is 6.91. The van der Waals surface area contributed by atoms with E-state index in [4.69, 9.17) is 0 Å². The zero-order chi connectivity index (χ0) is 11.0. The van der Waals surface area contributed by atoms with Gasteiger partial charge in [0.05, 0.1) is 6.20 Å². The van der Waals surface area contributed by atoms with Crippen LogP contribution in [0.15, 0.2) is 24.5 Å². The van der Waals surface area contributed by atoms with E-state index in [0.29, 0.717) is 6.04 Å². The van der Waals surface area contributed by atoms with Gasteiger partial charge in [-0.05, 0) is 13.0 Å². The first kappa shape index (κ1) is 9.59. The quantitative estimate of drug-likeness (QED) is 0.756. The molecule has 0 spiro atoms. The summed E-state index contributed by atoms with van der Waals surface area (Å²) in [6, 6.07) is 4.48. The molecule has 3 rings (SSSR count). The third-order valence-electron chi connectivity index (χ3n) is 2.94. The van der Waals surface area contributed by atoms with E-state index in [-0.39, 0.29) is 0 Å². The van der Waals surface area contributed by atoms with Crippen LogP contribution in [0.1, 0.15) is 6.92 Å². The number of fused-ring (bicyclic) bond motifs is 1. The van der Waals surface area contributed by atoms with Crippen molar-refractivity contribution >= 4 is 11.5 Å². The van der Waals surface area contributed by atoms with Crippen molar-refractivity contribution in [3.05, 3.63) is 24.5 Å². The van der Waals surface area contributed by atoms with E-state index in [1.54, 1.807) is 10.7 Å². The van der Waals surface area contributed by atoms with Crippen molar-refractivity contribution in [1.82, 2.24) is 19.9 Å². The molecule has 16 heavy (non-hydrogen) atoms. The van der Waals surface area contributed by atoms with E-state index in [2.05, 4.69) is 27.2 Å². The molecule has 5 nitrogen and oxygen atoms in total. The maximum atomic E-state index is 4.59. The highest BCUT2D eigenvalue weighted by Gasteiger charge is 2.16. The van der Waals surface area contributed by atoms with Gasteiger partial charge >= 0.3 is 0 Å². The predicted octanol–water partition coefficient (Wildman–Crippen LogP) is 0.527. The van der Waals surface area contributed by atoms with Crippen molar-refractivity contribution in [2.24, 2.45) is 0 Å². The van der Waals surface area contributed by atoms with Gasteiger partial charge in [-0.2, -0.15) is 5.10 Å². The fourth-order valence-corrected chi connectivity index (χ4v) is 2.12. The Kier molecular flexibility index (Phi) is 2.25. The Morgan fingerprint density at radius 3 is 3.25 bits per heavy atom. The largest absolute Gasteiger partial charge is 0.354 e. The van der Waals surface area contributed by atoms with Crippen LogP contribution in [0.4, 0.5) is 5.82 Å². The molecule has 0 unspecified atom stereocenters. The minimum Gasteiger partial charge on any atom is -0.354 e. The summed E-state index contributed by atoms with van der Waals surface area (Å²) in [6.45, 7) is 5.25. The number of hydrogen-bond acceptors (Lipinski definition) is 4. The molecule has 5 heteroatoms. The lowest BCUT2D eigenvalue weighted by Gasteiger charge is -2.32. The van der Waals surface area contributed by atoms with Gasteiger partial charge < -0.3 is 10.2 Å². The van der Waals surface area contributed by atoms with Crippen LogP contribution in [0, 0.1) is 0 Å². The van der Waals surface area contributed by atoms with Crippen LogP contribution < -0.4 is 10.2 Å². The topological polar surface area (TPSA) is 45.5 Å². The number of nitrogens with zero attached hydrogens (tertiary/aromatic N) is 4. The fraction of sp³-hybridized carbons (Fsp3) is 0.455. The zero-order valence-corrected chi connectivity index (χ0v) is 9.30. The van der Waals surface area contributed by atoms with Crippen molar-refractivity contribution in [3.63, 3.8) is 0 Å². The van der Waals surface area contributed by atoms with Crippen LogP contribution in [0.2, 0.25) is 0 Å². The molecule has 0 bridgehead atoms. The number of anilines is 1. The Morgan fingerprint density at radius 1 is 1.44 bits per heavy atom. The molecule has 0 saturated carbocycles. The standard InChI is InChI=1S/C11H15N5/c1-9-8-15(7-5-12-9)10-3-6-16-11(14-10)2-4-13-16/h2-4,6,9,12H,5,7-8H2,1H3/t9-/m1/s1. The Labute approximate surface area is 94.1 Å². The Hall–Kier alpha value is -1.62. The molecule has 0 aromatic carbocycles. The molecule has 1 fully saturated rings.